The second kappa shape index (κ2) is 4.49. The van der Waals surface area contributed by atoms with E-state index in [9.17, 15) is 5.11 Å². The number of aromatic nitrogens is 1. The summed E-state index contributed by atoms with van der Waals surface area (Å²) in [5.74, 6) is 1.05. The lowest BCUT2D eigenvalue weighted by Crippen LogP contribution is -2.23. The molecule has 0 bridgehead atoms. The number of pyridine rings is 1. The first-order valence-electron chi connectivity index (χ1n) is 6.83. The molecular formula is C16H20N2O. The lowest BCUT2D eigenvalue weighted by molar-refractivity contribution is 0.283. The molecule has 1 aliphatic heterocycles. The fourth-order valence-electron chi connectivity index (χ4n) is 2.91. The molecule has 1 aromatic heterocycles. The van der Waals surface area contributed by atoms with Gasteiger partial charge in [0.05, 0.1) is 6.61 Å². The molecule has 0 aliphatic carbocycles. The van der Waals surface area contributed by atoms with Gasteiger partial charge < -0.3 is 10.0 Å². The lowest BCUT2D eigenvalue weighted by Gasteiger charge is -2.22. The van der Waals surface area contributed by atoms with Crippen LogP contribution in [-0.4, -0.2) is 23.2 Å². The van der Waals surface area contributed by atoms with E-state index in [1.807, 2.05) is 18.3 Å². The minimum absolute atomic E-state index is 0.0410. The van der Waals surface area contributed by atoms with E-state index in [0.29, 0.717) is 5.41 Å². The van der Waals surface area contributed by atoms with Crippen molar-refractivity contribution in [2.75, 3.05) is 18.0 Å². The van der Waals surface area contributed by atoms with Crippen molar-refractivity contribution in [2.24, 2.45) is 5.41 Å². The largest absolute Gasteiger partial charge is 0.392 e. The molecular weight excluding hydrogens is 236 g/mol. The summed E-state index contributed by atoms with van der Waals surface area (Å²) in [6, 6.07) is 8.21. The highest BCUT2D eigenvalue weighted by molar-refractivity contribution is 5.94. The van der Waals surface area contributed by atoms with Crippen LogP contribution in [0.1, 0.15) is 25.8 Å². The number of fused-ring (bicyclic) bond motifs is 1. The lowest BCUT2D eigenvalue weighted by atomic mass is 9.93. The molecule has 0 saturated carbocycles. The Bertz CT molecular complexity index is 607. The minimum atomic E-state index is 0.0410. The second-order valence-corrected chi connectivity index (χ2v) is 6.15. The maximum Gasteiger partial charge on any atom is 0.136 e. The summed E-state index contributed by atoms with van der Waals surface area (Å²) in [5, 5.41) is 11.7. The molecule has 2 aromatic rings. The Morgan fingerprint density at radius 2 is 2.00 bits per heavy atom. The summed E-state index contributed by atoms with van der Waals surface area (Å²) in [6.45, 7) is 6.75. The number of rotatable bonds is 2. The molecule has 0 amide bonds. The number of aliphatic hydroxyl groups is 1. The first-order chi connectivity index (χ1) is 9.11. The smallest absolute Gasteiger partial charge is 0.136 e. The van der Waals surface area contributed by atoms with E-state index < -0.39 is 0 Å². The van der Waals surface area contributed by atoms with Crippen LogP contribution in [0.3, 0.4) is 0 Å². The van der Waals surface area contributed by atoms with Gasteiger partial charge in [-0.1, -0.05) is 38.1 Å². The molecule has 3 heteroatoms. The summed E-state index contributed by atoms with van der Waals surface area (Å²) >= 11 is 0. The number of nitrogens with zero attached hydrogens (tertiary/aromatic N) is 2. The minimum Gasteiger partial charge on any atom is -0.392 e. The van der Waals surface area contributed by atoms with Crippen molar-refractivity contribution in [1.29, 1.82) is 0 Å². The molecule has 0 unspecified atom stereocenters. The molecule has 0 radical (unpaired) electrons. The highest BCUT2D eigenvalue weighted by Gasteiger charge is 2.30. The molecule has 1 N–H and O–H groups in total. The predicted molar refractivity (Wildman–Crippen MR) is 78.3 cm³/mol. The number of aliphatic hydroxyl groups excluding tert-OH is 1. The Morgan fingerprint density at radius 3 is 2.63 bits per heavy atom. The van der Waals surface area contributed by atoms with E-state index in [1.54, 1.807) is 0 Å². The van der Waals surface area contributed by atoms with E-state index in [0.717, 1.165) is 35.2 Å². The molecule has 1 aliphatic rings. The monoisotopic (exact) mass is 256 g/mol. The fourth-order valence-corrected chi connectivity index (χ4v) is 2.91. The summed E-state index contributed by atoms with van der Waals surface area (Å²) in [4.78, 5) is 6.96. The zero-order chi connectivity index (χ0) is 13.5. The van der Waals surface area contributed by atoms with Gasteiger partial charge in [-0.3, -0.25) is 0 Å². The molecule has 19 heavy (non-hydrogen) atoms. The van der Waals surface area contributed by atoms with Crippen LogP contribution in [0, 0.1) is 5.41 Å². The highest BCUT2D eigenvalue weighted by atomic mass is 16.3. The number of hydrogen-bond donors (Lipinski definition) is 1. The summed E-state index contributed by atoms with van der Waals surface area (Å²) < 4.78 is 0. The number of hydrogen-bond acceptors (Lipinski definition) is 3. The van der Waals surface area contributed by atoms with Gasteiger partial charge in [0.15, 0.2) is 0 Å². The maximum atomic E-state index is 9.42. The number of anilines is 1. The average molecular weight is 256 g/mol. The summed E-state index contributed by atoms with van der Waals surface area (Å²) in [6.07, 6.45) is 3.01. The van der Waals surface area contributed by atoms with Crippen LogP contribution < -0.4 is 4.90 Å². The molecule has 0 spiro atoms. The van der Waals surface area contributed by atoms with Crippen LogP contribution in [0.5, 0.6) is 0 Å². The first-order valence-corrected chi connectivity index (χ1v) is 6.83. The molecule has 3 rings (SSSR count). The van der Waals surface area contributed by atoms with Gasteiger partial charge in [0.25, 0.3) is 0 Å². The molecule has 2 heterocycles. The third-order valence-electron chi connectivity index (χ3n) is 4.00. The van der Waals surface area contributed by atoms with Crippen molar-refractivity contribution in [2.45, 2.75) is 26.9 Å². The molecule has 0 atom stereocenters. The van der Waals surface area contributed by atoms with Crippen LogP contribution >= 0.6 is 0 Å². The third kappa shape index (κ3) is 2.19. The van der Waals surface area contributed by atoms with E-state index in [-0.39, 0.29) is 6.61 Å². The van der Waals surface area contributed by atoms with E-state index in [1.165, 1.54) is 6.42 Å². The van der Waals surface area contributed by atoms with E-state index in [4.69, 9.17) is 0 Å². The molecule has 3 nitrogen and oxygen atoms in total. The van der Waals surface area contributed by atoms with Crippen LogP contribution in [0.15, 0.2) is 30.5 Å². The van der Waals surface area contributed by atoms with Gasteiger partial charge in [-0.15, -0.1) is 0 Å². The number of benzene rings is 1. The van der Waals surface area contributed by atoms with Crippen molar-refractivity contribution < 1.29 is 5.11 Å². The van der Waals surface area contributed by atoms with Crippen molar-refractivity contribution in [3.63, 3.8) is 0 Å². The summed E-state index contributed by atoms with van der Waals surface area (Å²) in [5.41, 5.74) is 1.26. The molecule has 100 valence electrons. The first kappa shape index (κ1) is 12.4. The Morgan fingerprint density at radius 1 is 1.26 bits per heavy atom. The fraction of sp³-hybridized carbons (Fsp3) is 0.438. The normalized spacial score (nSPS) is 18.2. The van der Waals surface area contributed by atoms with Gasteiger partial charge in [-0.05, 0) is 17.2 Å². The van der Waals surface area contributed by atoms with E-state index in [2.05, 4.69) is 35.9 Å². The molecule has 1 fully saturated rings. The topological polar surface area (TPSA) is 36.4 Å². The second-order valence-electron chi connectivity index (χ2n) is 6.15. The quantitative estimate of drug-likeness (QED) is 0.897. The zero-order valence-electron chi connectivity index (χ0n) is 11.6. The third-order valence-corrected chi connectivity index (χ3v) is 4.00. The van der Waals surface area contributed by atoms with Crippen LogP contribution in [0.25, 0.3) is 10.8 Å². The summed E-state index contributed by atoms with van der Waals surface area (Å²) in [7, 11) is 0. The van der Waals surface area contributed by atoms with Crippen LogP contribution in [-0.2, 0) is 6.61 Å². The van der Waals surface area contributed by atoms with Gasteiger partial charge in [0.2, 0.25) is 0 Å². The maximum absolute atomic E-state index is 9.42. The standard InChI is InChI=1S/C16H20N2O/c1-16(2)7-8-18(11-16)15-14-6-4-3-5-13(14)12(10-19)9-17-15/h3-6,9,19H,7-8,10-11H2,1-2H3. The molecule has 1 saturated heterocycles. The van der Waals surface area contributed by atoms with E-state index >= 15 is 0 Å². The zero-order valence-corrected chi connectivity index (χ0v) is 11.6. The SMILES string of the molecule is CC1(C)CCN(c2ncc(CO)c3ccccc23)C1. The highest BCUT2D eigenvalue weighted by Crippen LogP contribution is 2.35. The Labute approximate surface area is 113 Å². The Balaban J connectivity index is 2.10. The van der Waals surface area contributed by atoms with Crippen LogP contribution in [0.2, 0.25) is 0 Å². The van der Waals surface area contributed by atoms with Gasteiger partial charge in [-0.25, -0.2) is 4.98 Å². The van der Waals surface area contributed by atoms with Crippen molar-refractivity contribution in [3.8, 4) is 0 Å². The van der Waals surface area contributed by atoms with Crippen molar-refractivity contribution in [1.82, 2.24) is 4.98 Å². The predicted octanol–water partition coefficient (Wildman–Crippen LogP) is 2.96. The van der Waals surface area contributed by atoms with Crippen molar-refractivity contribution >= 4 is 16.6 Å². The average Bonchev–Trinajstić information content (AvgIpc) is 2.77. The van der Waals surface area contributed by atoms with Gasteiger partial charge >= 0.3 is 0 Å². The van der Waals surface area contributed by atoms with Gasteiger partial charge in [-0.2, -0.15) is 0 Å². The Hall–Kier alpha value is -1.61. The molecule has 1 aromatic carbocycles. The van der Waals surface area contributed by atoms with Crippen LogP contribution in [0.4, 0.5) is 5.82 Å². The van der Waals surface area contributed by atoms with Gasteiger partial charge in [0.1, 0.15) is 5.82 Å². The van der Waals surface area contributed by atoms with Gasteiger partial charge in [0, 0.05) is 30.2 Å². The van der Waals surface area contributed by atoms with Crippen molar-refractivity contribution in [3.05, 3.63) is 36.0 Å². The Kier molecular flexibility index (Phi) is 2.94.